The summed E-state index contributed by atoms with van der Waals surface area (Å²) in [5, 5.41) is 12.0. The fraction of sp³-hybridized carbons (Fsp3) is 0.345. The van der Waals surface area contributed by atoms with Crippen molar-refractivity contribution >= 4 is 16.9 Å². The number of oxazole rings is 1. The average Bonchev–Trinajstić information content (AvgIpc) is 3.59. The highest BCUT2D eigenvalue weighted by Crippen LogP contribution is 2.51. The molecule has 2 aromatic heterocycles. The predicted molar refractivity (Wildman–Crippen MR) is 138 cm³/mol. The van der Waals surface area contributed by atoms with E-state index >= 15 is 0 Å². The summed E-state index contributed by atoms with van der Waals surface area (Å²) in [7, 11) is 0. The summed E-state index contributed by atoms with van der Waals surface area (Å²) >= 11 is 0. The minimum absolute atomic E-state index is 0.0426. The van der Waals surface area contributed by atoms with Crippen molar-refractivity contribution in [3.63, 3.8) is 0 Å². The number of ether oxygens (including phenoxy) is 2. The zero-order valence-corrected chi connectivity index (χ0v) is 21.8. The Morgan fingerprint density at radius 2 is 1.93 bits per heavy atom. The highest BCUT2D eigenvalue weighted by Gasteiger charge is 2.48. The summed E-state index contributed by atoms with van der Waals surface area (Å²) in [5.74, 6) is -1.37. The van der Waals surface area contributed by atoms with E-state index in [2.05, 4.69) is 9.72 Å². The molecule has 0 saturated heterocycles. The standard InChI is InChI=1S/C29H25F4N3O5/c1-27(34)13-39-26-19(27)12-23(36-24(26)15-2-6-18(30)7-3-15)28(38,17-4-5-17)9-8-20(37)16-10-21-25(35-14-40-21)22(11-16)41-29(31,32)33/h2-3,6-7,10-12,14,17,38H,4-5,8-9,13,34H2,1H3/t27-,28+/m0/s1. The third-order valence-corrected chi connectivity index (χ3v) is 7.60. The van der Waals surface area contributed by atoms with Crippen LogP contribution < -0.4 is 15.2 Å². The largest absolute Gasteiger partial charge is 0.573 e. The van der Waals surface area contributed by atoms with Gasteiger partial charge in [-0.2, -0.15) is 0 Å². The molecule has 41 heavy (non-hydrogen) atoms. The van der Waals surface area contributed by atoms with E-state index in [1.165, 1.54) is 18.2 Å². The first-order valence-electron chi connectivity index (χ1n) is 13.0. The molecule has 8 nitrogen and oxygen atoms in total. The number of hydrogen-bond acceptors (Lipinski definition) is 8. The van der Waals surface area contributed by atoms with E-state index in [1.807, 2.05) is 0 Å². The molecule has 2 aromatic carbocycles. The molecule has 214 valence electrons. The number of Topliss-reactive ketones (excluding diaryl/α,β-unsaturated/α-hetero) is 1. The summed E-state index contributed by atoms with van der Waals surface area (Å²) in [6.45, 7) is 1.96. The Morgan fingerprint density at radius 3 is 2.61 bits per heavy atom. The minimum atomic E-state index is -5.00. The van der Waals surface area contributed by atoms with Crippen LogP contribution in [0.25, 0.3) is 22.4 Å². The number of rotatable bonds is 8. The van der Waals surface area contributed by atoms with Crippen molar-refractivity contribution in [2.24, 2.45) is 11.7 Å². The van der Waals surface area contributed by atoms with Gasteiger partial charge in [-0.15, -0.1) is 13.2 Å². The number of benzene rings is 2. The number of ketones is 1. The fourth-order valence-electron chi connectivity index (χ4n) is 5.28. The number of fused-ring (bicyclic) bond motifs is 2. The number of hydrogen-bond donors (Lipinski definition) is 2. The number of nitrogens with zero attached hydrogens (tertiary/aromatic N) is 2. The third kappa shape index (κ3) is 5.13. The van der Waals surface area contributed by atoms with Crippen LogP contribution in [0.2, 0.25) is 0 Å². The van der Waals surface area contributed by atoms with Gasteiger partial charge in [0.25, 0.3) is 0 Å². The second-order valence-corrected chi connectivity index (χ2v) is 10.8. The van der Waals surface area contributed by atoms with E-state index in [0.29, 0.717) is 41.1 Å². The summed E-state index contributed by atoms with van der Waals surface area (Å²) in [6.07, 6.45) is -2.92. The molecule has 3 N–H and O–H groups in total. The highest BCUT2D eigenvalue weighted by molar-refractivity contribution is 6.00. The Balaban J connectivity index is 1.35. The van der Waals surface area contributed by atoms with Crippen molar-refractivity contribution in [1.29, 1.82) is 0 Å². The number of aromatic nitrogens is 2. The van der Waals surface area contributed by atoms with E-state index in [9.17, 15) is 27.5 Å². The molecule has 0 amide bonds. The Morgan fingerprint density at radius 1 is 1.20 bits per heavy atom. The van der Waals surface area contributed by atoms with Crippen molar-refractivity contribution < 1.29 is 41.4 Å². The van der Waals surface area contributed by atoms with Crippen LogP contribution in [-0.2, 0) is 11.1 Å². The first-order valence-corrected chi connectivity index (χ1v) is 13.0. The summed E-state index contributed by atoms with van der Waals surface area (Å²) in [4.78, 5) is 21.7. The fourth-order valence-corrected chi connectivity index (χ4v) is 5.28. The second-order valence-electron chi connectivity index (χ2n) is 10.8. The molecule has 0 spiro atoms. The van der Waals surface area contributed by atoms with Gasteiger partial charge in [0.15, 0.2) is 34.8 Å². The maximum atomic E-state index is 13.7. The molecule has 2 atom stereocenters. The van der Waals surface area contributed by atoms with Crippen LogP contribution in [0.3, 0.4) is 0 Å². The van der Waals surface area contributed by atoms with E-state index in [0.717, 1.165) is 12.5 Å². The van der Waals surface area contributed by atoms with Crippen LogP contribution in [0.5, 0.6) is 11.5 Å². The normalized spacial score (nSPS) is 20.0. The van der Waals surface area contributed by atoms with Crippen molar-refractivity contribution in [2.75, 3.05) is 6.61 Å². The molecule has 6 rings (SSSR count). The van der Waals surface area contributed by atoms with Crippen LogP contribution in [0.15, 0.2) is 53.3 Å². The van der Waals surface area contributed by atoms with Gasteiger partial charge in [-0.3, -0.25) is 4.79 Å². The van der Waals surface area contributed by atoms with Crippen molar-refractivity contribution in [2.45, 2.75) is 50.1 Å². The lowest BCUT2D eigenvalue weighted by atomic mass is 9.83. The molecule has 2 aliphatic rings. The zero-order chi connectivity index (χ0) is 29.2. The summed E-state index contributed by atoms with van der Waals surface area (Å²) in [5.41, 5.74) is 5.65. The Bertz CT molecular complexity index is 1650. The van der Waals surface area contributed by atoms with Gasteiger partial charge in [-0.05, 0) is 74.6 Å². The quantitative estimate of drug-likeness (QED) is 0.203. The molecule has 0 unspecified atom stereocenters. The second kappa shape index (κ2) is 9.52. The van der Waals surface area contributed by atoms with Gasteiger partial charge in [-0.1, -0.05) is 0 Å². The first-order chi connectivity index (χ1) is 19.3. The van der Waals surface area contributed by atoms with Crippen molar-refractivity contribution in [1.82, 2.24) is 9.97 Å². The average molecular weight is 572 g/mol. The highest BCUT2D eigenvalue weighted by atomic mass is 19.4. The molecule has 0 bridgehead atoms. The van der Waals surface area contributed by atoms with Crippen LogP contribution in [-0.4, -0.2) is 33.8 Å². The maximum absolute atomic E-state index is 13.7. The van der Waals surface area contributed by atoms with E-state index in [-0.39, 0.29) is 42.0 Å². The lowest BCUT2D eigenvalue weighted by molar-refractivity contribution is -0.274. The molecule has 1 aliphatic carbocycles. The first kappa shape index (κ1) is 27.2. The zero-order valence-electron chi connectivity index (χ0n) is 21.8. The smallest absolute Gasteiger partial charge is 0.489 e. The number of alkyl halides is 3. The minimum Gasteiger partial charge on any atom is -0.489 e. The van der Waals surface area contributed by atoms with Crippen molar-refractivity contribution in [3.8, 4) is 22.8 Å². The van der Waals surface area contributed by atoms with Crippen LogP contribution in [0.4, 0.5) is 17.6 Å². The van der Waals surface area contributed by atoms with Crippen molar-refractivity contribution in [3.05, 3.63) is 71.5 Å². The SMILES string of the molecule is C[C@]1(N)COc2c1cc([C@@](O)(CCC(=O)c1cc(OC(F)(F)F)c3ncoc3c1)C1CC1)nc2-c1ccc(F)cc1. The lowest BCUT2D eigenvalue weighted by Crippen LogP contribution is -2.35. The number of pyridine rings is 1. The number of carbonyl (C=O) groups excluding carboxylic acids is 1. The van der Waals surface area contributed by atoms with Gasteiger partial charge in [0, 0.05) is 23.1 Å². The Hall–Kier alpha value is -4.03. The molecule has 3 heterocycles. The molecule has 12 heteroatoms. The number of carbonyl (C=O) groups is 1. The predicted octanol–water partition coefficient (Wildman–Crippen LogP) is 5.75. The van der Waals surface area contributed by atoms with Crippen LogP contribution in [0, 0.1) is 11.7 Å². The number of nitrogens with two attached hydrogens (primary N) is 1. The van der Waals surface area contributed by atoms with Gasteiger partial charge < -0.3 is 24.7 Å². The number of halogens is 4. The van der Waals surface area contributed by atoms with E-state index in [4.69, 9.17) is 19.9 Å². The van der Waals surface area contributed by atoms with Gasteiger partial charge >= 0.3 is 6.36 Å². The van der Waals surface area contributed by atoms with E-state index in [1.54, 1.807) is 25.1 Å². The Labute approximate surface area is 231 Å². The molecular formula is C29H25F4N3O5. The van der Waals surface area contributed by atoms with Gasteiger partial charge in [0.1, 0.15) is 23.7 Å². The van der Waals surface area contributed by atoms with E-state index < -0.39 is 34.9 Å². The molecule has 0 radical (unpaired) electrons. The van der Waals surface area contributed by atoms with Gasteiger partial charge in [0.2, 0.25) is 0 Å². The van der Waals surface area contributed by atoms with Gasteiger partial charge in [0.05, 0.1) is 11.2 Å². The maximum Gasteiger partial charge on any atom is 0.573 e. The molecule has 1 aliphatic heterocycles. The summed E-state index contributed by atoms with van der Waals surface area (Å²) in [6, 6.07) is 9.64. The topological polar surface area (TPSA) is 121 Å². The van der Waals surface area contributed by atoms with Crippen LogP contribution >= 0.6 is 0 Å². The molecular weight excluding hydrogens is 546 g/mol. The molecule has 1 saturated carbocycles. The number of aliphatic hydroxyl groups is 1. The molecule has 1 fully saturated rings. The summed E-state index contributed by atoms with van der Waals surface area (Å²) < 4.78 is 67.7. The van der Waals surface area contributed by atoms with Crippen LogP contribution in [0.1, 0.15) is 54.2 Å². The lowest BCUT2D eigenvalue weighted by Gasteiger charge is -2.29. The monoisotopic (exact) mass is 571 g/mol. The Kier molecular flexibility index (Phi) is 6.31. The molecule has 4 aromatic rings. The third-order valence-electron chi connectivity index (χ3n) is 7.60. The van der Waals surface area contributed by atoms with Gasteiger partial charge in [-0.25, -0.2) is 14.4 Å².